The molecule has 0 aliphatic rings. The fourth-order valence-corrected chi connectivity index (χ4v) is 2.10. The summed E-state index contributed by atoms with van der Waals surface area (Å²) in [6.07, 6.45) is 7.60. The predicted molar refractivity (Wildman–Crippen MR) is 76.3 cm³/mol. The molecular weight excluding hydrogens is 244 g/mol. The first-order chi connectivity index (χ1) is 8.53. The molecule has 1 aromatic heterocycles. The summed E-state index contributed by atoms with van der Waals surface area (Å²) in [6.45, 7) is 6.57. The molecule has 18 heavy (non-hydrogen) atoms. The molecule has 1 heterocycles. The zero-order valence-electron chi connectivity index (χ0n) is 11.2. The number of rotatable bonds is 6. The molecule has 1 N–H and O–H groups in total. The number of thiophene rings is 1. The van der Waals surface area contributed by atoms with Gasteiger partial charge >= 0.3 is 0 Å². The molecule has 1 rings (SSSR count). The zero-order valence-corrected chi connectivity index (χ0v) is 12.0. The Bertz CT molecular complexity index is 418. The minimum atomic E-state index is -0.646. The first-order valence-corrected chi connectivity index (χ1v) is 7.05. The number of unbranched alkanes of at least 4 members (excludes halogenated alkanes) is 1. The molecule has 0 saturated heterocycles. The van der Waals surface area contributed by atoms with E-state index in [0.717, 1.165) is 19.4 Å². The molecule has 0 bridgehead atoms. The average molecular weight is 264 g/mol. The van der Waals surface area contributed by atoms with Gasteiger partial charge in [-0.1, -0.05) is 19.3 Å². The van der Waals surface area contributed by atoms with Crippen LogP contribution in [0.3, 0.4) is 0 Å². The zero-order chi connectivity index (χ0) is 13.6. The van der Waals surface area contributed by atoms with E-state index in [2.05, 4.69) is 18.3 Å². The van der Waals surface area contributed by atoms with E-state index >= 15 is 0 Å². The second-order valence-corrected chi connectivity index (χ2v) is 5.40. The lowest BCUT2D eigenvalue weighted by molar-refractivity contribution is 0.0482. The van der Waals surface area contributed by atoms with Crippen LogP contribution in [0.25, 0.3) is 0 Å². The Kier molecular flexibility index (Phi) is 5.39. The molecule has 0 radical (unpaired) electrons. The predicted octanol–water partition coefficient (Wildman–Crippen LogP) is 2.91. The van der Waals surface area contributed by atoms with Crippen LogP contribution in [0.2, 0.25) is 0 Å². The van der Waals surface area contributed by atoms with E-state index in [9.17, 15) is 4.79 Å². The maximum atomic E-state index is 12.4. The molecule has 3 nitrogen and oxygen atoms in total. The van der Waals surface area contributed by atoms with Crippen LogP contribution in [0, 0.1) is 12.3 Å². The van der Waals surface area contributed by atoms with Crippen LogP contribution < -0.4 is 5.43 Å². The smallest absolute Gasteiger partial charge is 0.268 e. The molecule has 0 aromatic carbocycles. The molecule has 0 aliphatic carbocycles. The van der Waals surface area contributed by atoms with E-state index in [4.69, 9.17) is 6.42 Å². The Morgan fingerprint density at radius 2 is 2.33 bits per heavy atom. The first-order valence-electron chi connectivity index (χ1n) is 6.11. The van der Waals surface area contributed by atoms with Gasteiger partial charge in [0.25, 0.3) is 5.91 Å². The first kappa shape index (κ1) is 14.7. The second kappa shape index (κ2) is 6.58. The number of carbonyl (C=O) groups excluding carboxylic acids is 1. The maximum Gasteiger partial charge on any atom is 0.270 e. The normalized spacial score (nSPS) is 11.0. The van der Waals surface area contributed by atoms with Crippen LogP contribution in [-0.4, -0.2) is 23.0 Å². The van der Waals surface area contributed by atoms with Crippen molar-refractivity contribution in [1.29, 1.82) is 0 Å². The SMILES string of the molecule is C#CC(C)(C)N(NCCCC)C(=O)c1ccsc1. The van der Waals surface area contributed by atoms with Crippen molar-refractivity contribution in [3.63, 3.8) is 0 Å². The Morgan fingerprint density at radius 3 is 2.83 bits per heavy atom. The third-order valence-corrected chi connectivity index (χ3v) is 3.37. The second-order valence-electron chi connectivity index (χ2n) is 4.62. The van der Waals surface area contributed by atoms with E-state index in [0.29, 0.717) is 5.56 Å². The minimum absolute atomic E-state index is 0.0738. The molecule has 0 aliphatic heterocycles. The summed E-state index contributed by atoms with van der Waals surface area (Å²) in [7, 11) is 0. The fourth-order valence-electron chi connectivity index (χ4n) is 1.47. The molecule has 0 atom stereocenters. The van der Waals surface area contributed by atoms with Gasteiger partial charge in [-0.25, -0.2) is 5.43 Å². The van der Waals surface area contributed by atoms with Gasteiger partial charge < -0.3 is 0 Å². The quantitative estimate of drug-likeness (QED) is 0.487. The van der Waals surface area contributed by atoms with E-state index in [1.807, 2.05) is 30.7 Å². The van der Waals surface area contributed by atoms with Gasteiger partial charge in [-0.05, 0) is 31.7 Å². The number of amides is 1. The number of nitrogens with one attached hydrogen (secondary N) is 1. The maximum absolute atomic E-state index is 12.4. The van der Waals surface area contributed by atoms with Gasteiger partial charge in [0.15, 0.2) is 0 Å². The van der Waals surface area contributed by atoms with Crippen molar-refractivity contribution in [1.82, 2.24) is 10.4 Å². The van der Waals surface area contributed by atoms with Gasteiger partial charge in [-0.15, -0.1) is 6.42 Å². The lowest BCUT2D eigenvalue weighted by Crippen LogP contribution is -2.54. The van der Waals surface area contributed by atoms with Gasteiger partial charge in [0.2, 0.25) is 0 Å². The number of hydrogen-bond donors (Lipinski definition) is 1. The van der Waals surface area contributed by atoms with Crippen molar-refractivity contribution in [3.8, 4) is 12.3 Å². The molecule has 4 heteroatoms. The highest BCUT2D eigenvalue weighted by molar-refractivity contribution is 7.08. The highest BCUT2D eigenvalue weighted by Crippen LogP contribution is 2.16. The fraction of sp³-hybridized carbons (Fsp3) is 0.500. The highest BCUT2D eigenvalue weighted by atomic mass is 32.1. The molecule has 0 unspecified atom stereocenters. The third-order valence-electron chi connectivity index (χ3n) is 2.68. The summed E-state index contributed by atoms with van der Waals surface area (Å²) in [5.41, 5.74) is 3.17. The van der Waals surface area contributed by atoms with Crippen LogP contribution in [0.1, 0.15) is 44.0 Å². The van der Waals surface area contributed by atoms with Gasteiger partial charge in [0, 0.05) is 11.9 Å². The molecule has 0 fully saturated rings. The third kappa shape index (κ3) is 3.59. The summed E-state index contributed by atoms with van der Waals surface area (Å²) in [6, 6.07) is 1.81. The summed E-state index contributed by atoms with van der Waals surface area (Å²) in [5, 5.41) is 5.29. The summed E-state index contributed by atoms with van der Waals surface area (Å²) < 4.78 is 0. The minimum Gasteiger partial charge on any atom is -0.268 e. The number of terminal acetylenes is 1. The number of hydrazine groups is 1. The van der Waals surface area contributed by atoms with Crippen molar-refractivity contribution in [2.24, 2.45) is 0 Å². The molecule has 0 saturated carbocycles. The van der Waals surface area contributed by atoms with Crippen LogP contribution >= 0.6 is 11.3 Å². The Morgan fingerprint density at radius 1 is 1.61 bits per heavy atom. The summed E-state index contributed by atoms with van der Waals surface area (Å²) >= 11 is 1.50. The van der Waals surface area contributed by atoms with Gasteiger partial charge in [-0.3, -0.25) is 9.80 Å². The molecule has 0 spiro atoms. The largest absolute Gasteiger partial charge is 0.270 e. The van der Waals surface area contributed by atoms with E-state index in [1.54, 1.807) is 5.01 Å². The number of hydrogen-bond acceptors (Lipinski definition) is 3. The molecular formula is C14H20N2OS. The Hall–Kier alpha value is -1.31. The highest BCUT2D eigenvalue weighted by Gasteiger charge is 2.29. The van der Waals surface area contributed by atoms with E-state index in [1.165, 1.54) is 11.3 Å². The topological polar surface area (TPSA) is 32.3 Å². The summed E-state index contributed by atoms with van der Waals surface area (Å²) in [5.74, 6) is 2.58. The van der Waals surface area contributed by atoms with Gasteiger partial charge in [0.05, 0.1) is 5.56 Å². The van der Waals surface area contributed by atoms with Crippen LogP contribution in [-0.2, 0) is 0 Å². The van der Waals surface area contributed by atoms with Gasteiger partial charge in [0.1, 0.15) is 5.54 Å². The van der Waals surface area contributed by atoms with E-state index < -0.39 is 5.54 Å². The number of carbonyl (C=O) groups is 1. The lowest BCUT2D eigenvalue weighted by Gasteiger charge is -2.34. The standard InChI is InChI=1S/C14H20N2OS/c1-5-7-9-15-16(14(3,4)6-2)13(17)12-8-10-18-11-12/h2,8,10-11,15H,5,7,9H2,1,3-4H3. The Labute approximate surface area is 113 Å². The lowest BCUT2D eigenvalue weighted by atomic mass is 10.1. The van der Waals surface area contributed by atoms with E-state index in [-0.39, 0.29) is 5.91 Å². The van der Waals surface area contributed by atoms with Crippen molar-refractivity contribution in [2.75, 3.05) is 6.54 Å². The average Bonchev–Trinajstić information content (AvgIpc) is 2.87. The van der Waals surface area contributed by atoms with Crippen molar-refractivity contribution in [2.45, 2.75) is 39.2 Å². The van der Waals surface area contributed by atoms with Crippen molar-refractivity contribution < 1.29 is 4.79 Å². The van der Waals surface area contributed by atoms with Crippen LogP contribution in [0.5, 0.6) is 0 Å². The van der Waals surface area contributed by atoms with Crippen molar-refractivity contribution in [3.05, 3.63) is 22.4 Å². The Balaban J connectivity index is 2.84. The molecule has 1 aromatic rings. The monoisotopic (exact) mass is 264 g/mol. The molecule has 98 valence electrons. The summed E-state index contributed by atoms with van der Waals surface area (Å²) in [4.78, 5) is 12.4. The van der Waals surface area contributed by atoms with Gasteiger partial charge in [-0.2, -0.15) is 11.3 Å². The van der Waals surface area contributed by atoms with Crippen LogP contribution in [0.4, 0.5) is 0 Å². The van der Waals surface area contributed by atoms with Crippen molar-refractivity contribution >= 4 is 17.2 Å². The van der Waals surface area contributed by atoms with Crippen LogP contribution in [0.15, 0.2) is 16.8 Å². The number of nitrogens with zero attached hydrogens (tertiary/aromatic N) is 1. The molecule has 1 amide bonds.